The molecule has 2 saturated carbocycles. The van der Waals surface area contributed by atoms with Gasteiger partial charge in [0.05, 0.1) is 16.4 Å². The van der Waals surface area contributed by atoms with Crippen molar-refractivity contribution in [2.45, 2.75) is 72.6 Å². The molecule has 12 heteroatoms. The van der Waals surface area contributed by atoms with E-state index in [-0.39, 0.29) is 48.2 Å². The van der Waals surface area contributed by atoms with E-state index in [1.54, 1.807) is 36.7 Å². The van der Waals surface area contributed by atoms with Crippen LogP contribution in [0.4, 0.5) is 14.5 Å². The molecule has 0 saturated heterocycles. The van der Waals surface area contributed by atoms with Gasteiger partial charge in [-0.3, -0.25) is 29.1 Å². The summed E-state index contributed by atoms with van der Waals surface area (Å²) in [5.41, 5.74) is 12.6. The van der Waals surface area contributed by atoms with Crippen molar-refractivity contribution in [1.82, 2.24) is 9.97 Å². The molecule has 3 N–H and O–H groups in total. The number of carbonyl (C=O) groups is 4. The van der Waals surface area contributed by atoms with E-state index in [0.29, 0.717) is 42.9 Å². The van der Waals surface area contributed by atoms with Crippen LogP contribution in [0.2, 0.25) is 0 Å². The molecule has 2 fully saturated rings. The summed E-state index contributed by atoms with van der Waals surface area (Å²) in [7, 11) is 0. The summed E-state index contributed by atoms with van der Waals surface area (Å²) in [6.45, 7) is 8.24. The first-order chi connectivity index (χ1) is 34.0. The standard InChI is InChI=1S/C30H26FNO3.C23H21NO4.C6H6FN/c1-19-15-25-26(16-20(19)2)32-14-11-27(25)35-24-9-5-22(6-10-24)18-29(34)30(12-13-30)28(33)17-21-3-7-23(31)8-4-21;1-14-11-18-19(12-15(14)2)24-10-7-20(18)28-17-5-3-16(4-6-17)13-21(25)23(8-9-23)22(26)27;7-5-1-3-6(8)4-2-5/h3-11,14-16H,12-13,17-18H2,1-2H3;3-7,10-12H,8-9,13H2,1-2H3,(H,26,27);1-4H,8H2. The Morgan fingerprint density at radius 1 is 0.507 bits per heavy atom. The highest BCUT2D eigenvalue weighted by Crippen LogP contribution is 2.49. The summed E-state index contributed by atoms with van der Waals surface area (Å²) >= 11 is 0. The van der Waals surface area contributed by atoms with Gasteiger partial charge in [-0.1, -0.05) is 36.4 Å². The quantitative estimate of drug-likeness (QED) is 0.0793. The van der Waals surface area contributed by atoms with Gasteiger partial charge in [-0.15, -0.1) is 0 Å². The number of anilines is 1. The van der Waals surface area contributed by atoms with Crippen LogP contribution in [0.1, 0.15) is 64.6 Å². The highest BCUT2D eigenvalue weighted by Gasteiger charge is 2.56. The van der Waals surface area contributed by atoms with Gasteiger partial charge in [0, 0.05) is 48.1 Å². The first-order valence-corrected chi connectivity index (χ1v) is 23.4. The molecule has 2 heterocycles. The molecule has 10 rings (SSSR count). The largest absolute Gasteiger partial charge is 0.480 e. The van der Waals surface area contributed by atoms with Crippen molar-refractivity contribution in [3.8, 4) is 23.0 Å². The van der Waals surface area contributed by atoms with Crippen LogP contribution in [0.3, 0.4) is 0 Å². The van der Waals surface area contributed by atoms with Crippen molar-refractivity contribution in [3.05, 3.63) is 196 Å². The minimum Gasteiger partial charge on any atom is -0.480 e. The molecule has 0 radical (unpaired) electrons. The van der Waals surface area contributed by atoms with Gasteiger partial charge in [-0.05, 0) is 189 Å². The second kappa shape index (κ2) is 20.9. The third-order valence-electron chi connectivity index (χ3n) is 13.3. The van der Waals surface area contributed by atoms with Crippen LogP contribution in [0, 0.1) is 50.2 Å². The second-order valence-electron chi connectivity index (χ2n) is 18.5. The summed E-state index contributed by atoms with van der Waals surface area (Å²) in [4.78, 5) is 58.4. The SMILES string of the molecule is Cc1cc2nccc(Oc3ccc(CC(=O)C4(C(=O)Cc5ccc(F)cc5)CC4)cc3)c2cc1C.Cc1cc2nccc(Oc3ccc(CC(=O)C4(C(=O)O)CC4)cc3)c2cc1C.Nc1ccc(F)cc1. The van der Waals surface area contributed by atoms with Gasteiger partial charge in [0.15, 0.2) is 17.3 Å². The van der Waals surface area contributed by atoms with Gasteiger partial charge < -0.3 is 20.3 Å². The van der Waals surface area contributed by atoms with Crippen molar-refractivity contribution in [2.75, 3.05) is 5.73 Å². The lowest BCUT2D eigenvalue weighted by atomic mass is 9.88. The van der Waals surface area contributed by atoms with Crippen LogP contribution in [0.5, 0.6) is 23.0 Å². The third-order valence-corrected chi connectivity index (χ3v) is 13.3. The van der Waals surface area contributed by atoms with E-state index < -0.39 is 16.8 Å². The molecule has 0 aliphatic heterocycles. The lowest BCUT2D eigenvalue weighted by molar-refractivity contribution is -0.148. The number of carbonyl (C=O) groups excluding carboxylic acids is 3. The number of carboxylic acid groups (broad SMARTS) is 1. The van der Waals surface area contributed by atoms with Crippen LogP contribution >= 0.6 is 0 Å². The van der Waals surface area contributed by atoms with Crippen molar-refractivity contribution >= 4 is 50.8 Å². The maximum atomic E-state index is 13.1. The third kappa shape index (κ3) is 11.7. The Morgan fingerprint density at radius 3 is 1.20 bits per heavy atom. The predicted molar refractivity (Wildman–Crippen MR) is 270 cm³/mol. The summed E-state index contributed by atoms with van der Waals surface area (Å²) in [6.07, 6.45) is 5.99. The number of nitrogens with zero attached hydrogens (tertiary/aromatic N) is 2. The van der Waals surface area contributed by atoms with Gasteiger partial charge in [-0.2, -0.15) is 0 Å². The summed E-state index contributed by atoms with van der Waals surface area (Å²) in [5.74, 6) is 0.819. The first kappa shape index (κ1) is 49.3. The minimum absolute atomic E-state index is 0.0516. The number of pyridine rings is 2. The Labute approximate surface area is 410 Å². The van der Waals surface area contributed by atoms with Gasteiger partial charge in [0.1, 0.15) is 40.0 Å². The molecule has 0 unspecified atom stereocenters. The zero-order chi connectivity index (χ0) is 50.5. The molecule has 360 valence electrons. The highest BCUT2D eigenvalue weighted by molar-refractivity contribution is 6.11. The molecule has 0 amide bonds. The molecule has 0 bridgehead atoms. The minimum atomic E-state index is -1.15. The van der Waals surface area contributed by atoms with Crippen LogP contribution in [-0.2, 0) is 38.4 Å². The van der Waals surface area contributed by atoms with Crippen molar-refractivity contribution in [2.24, 2.45) is 10.8 Å². The van der Waals surface area contributed by atoms with Gasteiger partial charge in [0.25, 0.3) is 0 Å². The van der Waals surface area contributed by atoms with Gasteiger partial charge in [-0.25, -0.2) is 8.78 Å². The van der Waals surface area contributed by atoms with Crippen molar-refractivity contribution < 1.29 is 42.5 Å². The van der Waals surface area contributed by atoms with E-state index in [9.17, 15) is 33.1 Å². The number of aryl methyl sites for hydroxylation is 4. The van der Waals surface area contributed by atoms with Crippen LogP contribution in [0.25, 0.3) is 21.8 Å². The Bertz CT molecular complexity index is 3250. The number of halogens is 2. The zero-order valence-electron chi connectivity index (χ0n) is 39.9. The molecule has 2 aliphatic rings. The van der Waals surface area contributed by atoms with E-state index in [1.165, 1.54) is 58.7 Å². The fraction of sp³-hybridized carbons (Fsp3) is 0.220. The average molecular weight is 954 g/mol. The monoisotopic (exact) mass is 953 g/mol. The Hall–Kier alpha value is -8.12. The Balaban J connectivity index is 0.000000167. The lowest BCUT2D eigenvalue weighted by Gasteiger charge is -2.14. The molecule has 0 atom stereocenters. The number of nitrogens with two attached hydrogens (primary N) is 1. The zero-order valence-corrected chi connectivity index (χ0v) is 39.9. The number of hydrogen-bond donors (Lipinski definition) is 2. The van der Waals surface area contributed by atoms with Crippen LogP contribution < -0.4 is 15.2 Å². The van der Waals surface area contributed by atoms with Gasteiger partial charge >= 0.3 is 5.97 Å². The summed E-state index contributed by atoms with van der Waals surface area (Å²) < 4.78 is 37.3. The van der Waals surface area contributed by atoms with Gasteiger partial charge in [0.2, 0.25) is 0 Å². The number of ketones is 3. The topological polar surface area (TPSA) is 159 Å². The smallest absolute Gasteiger partial charge is 0.317 e. The molecule has 2 aliphatic carbocycles. The molecular weight excluding hydrogens is 901 g/mol. The number of ether oxygens (including phenoxy) is 2. The van der Waals surface area contributed by atoms with Crippen molar-refractivity contribution in [3.63, 3.8) is 0 Å². The first-order valence-electron chi connectivity index (χ1n) is 23.4. The van der Waals surface area contributed by atoms with E-state index in [2.05, 4.69) is 55.9 Å². The number of Topliss-reactive ketones (excluding diaryl/α,β-unsaturated/α-hetero) is 3. The number of fused-ring (bicyclic) bond motifs is 2. The number of carboxylic acids is 1. The summed E-state index contributed by atoms with van der Waals surface area (Å²) in [5, 5.41) is 11.1. The maximum Gasteiger partial charge on any atom is 0.317 e. The molecule has 71 heavy (non-hydrogen) atoms. The molecule has 8 aromatic rings. The van der Waals surface area contributed by atoms with E-state index in [0.717, 1.165) is 50.0 Å². The van der Waals surface area contributed by atoms with E-state index in [4.69, 9.17) is 15.2 Å². The van der Waals surface area contributed by atoms with Crippen molar-refractivity contribution in [1.29, 1.82) is 0 Å². The number of aliphatic carboxylic acids is 1. The molecule has 6 aromatic carbocycles. The molecular formula is C59H53F2N3O7. The number of aromatic nitrogens is 2. The second-order valence-corrected chi connectivity index (χ2v) is 18.5. The fourth-order valence-corrected chi connectivity index (χ4v) is 8.25. The Morgan fingerprint density at radius 2 is 0.845 bits per heavy atom. The summed E-state index contributed by atoms with van der Waals surface area (Å²) in [6, 6.07) is 38.1. The highest BCUT2D eigenvalue weighted by atomic mass is 19.1. The van der Waals surface area contributed by atoms with E-state index >= 15 is 0 Å². The lowest BCUT2D eigenvalue weighted by Crippen LogP contribution is -2.28. The van der Waals surface area contributed by atoms with Crippen LogP contribution in [0.15, 0.2) is 146 Å². The molecule has 0 spiro atoms. The van der Waals surface area contributed by atoms with Crippen LogP contribution in [-0.4, -0.2) is 38.4 Å². The average Bonchev–Trinajstić information content (AvgIpc) is 4.30. The number of hydrogen-bond acceptors (Lipinski definition) is 9. The van der Waals surface area contributed by atoms with E-state index in [1.807, 2.05) is 54.6 Å². The number of nitrogen functional groups attached to an aromatic ring is 1. The molecule has 10 nitrogen and oxygen atoms in total. The normalized spacial score (nSPS) is 13.7. The predicted octanol–water partition coefficient (Wildman–Crippen LogP) is 12.5. The maximum absolute atomic E-state index is 13.1. The fourth-order valence-electron chi connectivity index (χ4n) is 8.25. The number of benzene rings is 6. The molecule has 2 aromatic heterocycles. The number of rotatable bonds is 14. The Kier molecular flexibility index (Phi) is 14.5.